The molecule has 1 saturated carbocycles. The first-order valence-corrected chi connectivity index (χ1v) is 10.5. The van der Waals surface area contributed by atoms with Crippen LogP contribution in [0.1, 0.15) is 18.4 Å². The number of hydrogen-bond acceptors (Lipinski definition) is 7. The van der Waals surface area contributed by atoms with E-state index in [4.69, 9.17) is 4.74 Å². The highest BCUT2D eigenvalue weighted by atomic mass is 32.1. The summed E-state index contributed by atoms with van der Waals surface area (Å²) in [7, 11) is 1.51. The predicted octanol–water partition coefficient (Wildman–Crippen LogP) is 3.09. The number of rotatable bonds is 4. The van der Waals surface area contributed by atoms with Crippen molar-refractivity contribution < 1.29 is 9.53 Å². The van der Waals surface area contributed by atoms with Crippen molar-refractivity contribution in [1.82, 2.24) is 24.2 Å². The lowest BCUT2D eigenvalue weighted by molar-refractivity contribution is 0.218. The van der Waals surface area contributed by atoms with Gasteiger partial charge in [0.25, 0.3) is 0 Å². The summed E-state index contributed by atoms with van der Waals surface area (Å²) in [6, 6.07) is 2.66. The Labute approximate surface area is 172 Å². The molecule has 0 spiro atoms. The molecule has 5 rings (SSSR count). The van der Waals surface area contributed by atoms with Gasteiger partial charge in [-0.05, 0) is 43.2 Å². The number of H-pyrrole nitrogens is 1. The Bertz CT molecular complexity index is 1030. The molecule has 2 fully saturated rings. The van der Waals surface area contributed by atoms with E-state index < -0.39 is 0 Å². The summed E-state index contributed by atoms with van der Waals surface area (Å²) in [4.78, 5) is 26.2. The number of nitrogens with one attached hydrogen (secondary N) is 3. The Morgan fingerprint density at radius 1 is 1.34 bits per heavy atom. The van der Waals surface area contributed by atoms with Gasteiger partial charge in [-0.3, -0.25) is 5.32 Å². The molecule has 29 heavy (non-hydrogen) atoms. The molecule has 152 valence electrons. The maximum atomic E-state index is 12.6. The molecule has 2 aliphatic rings. The first kappa shape index (κ1) is 18.2. The number of aromatic amines is 1. The van der Waals surface area contributed by atoms with Crippen LogP contribution in [-0.2, 0) is 0 Å². The van der Waals surface area contributed by atoms with Crippen LogP contribution in [0.4, 0.5) is 15.6 Å². The molecule has 1 saturated heterocycles. The normalized spacial score (nSPS) is 23.4. The molecule has 1 unspecified atom stereocenters. The first-order chi connectivity index (χ1) is 14.1. The van der Waals surface area contributed by atoms with Gasteiger partial charge >= 0.3 is 12.0 Å². The summed E-state index contributed by atoms with van der Waals surface area (Å²) < 4.78 is 8.97. The second-order valence-electron chi connectivity index (χ2n) is 7.81. The van der Waals surface area contributed by atoms with E-state index in [0.29, 0.717) is 23.0 Å². The van der Waals surface area contributed by atoms with Crippen LogP contribution >= 0.6 is 11.5 Å². The lowest BCUT2D eigenvalue weighted by atomic mass is 10.0. The molecule has 0 bridgehead atoms. The third-order valence-electron chi connectivity index (χ3n) is 5.97. The number of aromatic nitrogens is 4. The SMILES string of the molecule is COc1nsc(NC(=O)N2C[C@H]3CC(Nc4c(C)cnc5[nH]ccc45)C[C@H]3C2)n1. The van der Waals surface area contributed by atoms with Gasteiger partial charge in [0.2, 0.25) is 5.13 Å². The van der Waals surface area contributed by atoms with Crippen LogP contribution in [0.2, 0.25) is 0 Å². The summed E-state index contributed by atoms with van der Waals surface area (Å²) in [5.74, 6) is 1.04. The second kappa shape index (κ2) is 7.18. The summed E-state index contributed by atoms with van der Waals surface area (Å²) in [6.07, 6.45) is 5.96. The standard InChI is InChI=1S/C19H23N7O2S/c1-10-7-21-16-14(3-4-20-16)15(10)22-13-5-11-8-26(9-12(11)6-13)19(27)24-18-23-17(28-2)25-29-18/h3-4,7,11-13H,5-6,8-9H2,1-2H3,(H2,20,21,22)(H,23,24,25,27)/t11-,12+,13?. The van der Waals surface area contributed by atoms with Gasteiger partial charge in [0.05, 0.1) is 7.11 Å². The van der Waals surface area contributed by atoms with Crippen LogP contribution in [0.15, 0.2) is 18.5 Å². The summed E-state index contributed by atoms with van der Waals surface area (Å²) in [5, 5.41) is 8.18. The largest absolute Gasteiger partial charge is 0.466 e. The third-order valence-corrected chi connectivity index (χ3v) is 6.58. The van der Waals surface area contributed by atoms with Crippen molar-refractivity contribution in [2.75, 3.05) is 30.8 Å². The van der Waals surface area contributed by atoms with E-state index in [1.54, 1.807) is 0 Å². The summed E-state index contributed by atoms with van der Waals surface area (Å²) in [5.41, 5.74) is 3.23. The summed E-state index contributed by atoms with van der Waals surface area (Å²) in [6.45, 7) is 3.64. The molecule has 1 aliphatic heterocycles. The molecule has 3 aromatic heterocycles. The molecule has 3 atom stereocenters. The number of methoxy groups -OCH3 is 1. The van der Waals surface area contributed by atoms with Crippen molar-refractivity contribution in [3.63, 3.8) is 0 Å². The molecule has 3 N–H and O–H groups in total. The maximum absolute atomic E-state index is 12.6. The van der Waals surface area contributed by atoms with E-state index in [1.165, 1.54) is 12.8 Å². The zero-order chi connectivity index (χ0) is 20.0. The van der Waals surface area contributed by atoms with E-state index in [0.717, 1.165) is 54.1 Å². The van der Waals surface area contributed by atoms with E-state index in [1.807, 2.05) is 17.3 Å². The zero-order valence-electron chi connectivity index (χ0n) is 16.3. The van der Waals surface area contributed by atoms with Crippen molar-refractivity contribution in [2.45, 2.75) is 25.8 Å². The number of urea groups is 1. The van der Waals surface area contributed by atoms with Crippen molar-refractivity contribution in [3.05, 3.63) is 24.0 Å². The minimum absolute atomic E-state index is 0.110. The number of ether oxygens (including phenoxy) is 1. The molecular formula is C19H23N7O2S. The van der Waals surface area contributed by atoms with Gasteiger partial charge in [-0.1, -0.05) is 0 Å². The topological polar surface area (TPSA) is 108 Å². The van der Waals surface area contributed by atoms with Gasteiger partial charge in [0.15, 0.2) is 0 Å². The average molecular weight is 414 g/mol. The van der Waals surface area contributed by atoms with Gasteiger partial charge in [-0.15, -0.1) is 4.37 Å². The number of likely N-dealkylation sites (tertiary alicyclic amines) is 1. The Morgan fingerprint density at radius 2 is 2.14 bits per heavy atom. The van der Waals surface area contributed by atoms with E-state index >= 15 is 0 Å². The summed E-state index contributed by atoms with van der Waals surface area (Å²) >= 11 is 1.12. The third kappa shape index (κ3) is 3.37. The Morgan fingerprint density at radius 3 is 2.86 bits per heavy atom. The van der Waals surface area contributed by atoms with Gasteiger partial charge < -0.3 is 19.9 Å². The number of carbonyl (C=O) groups is 1. The average Bonchev–Trinajstić information content (AvgIpc) is 3.46. The Hall–Kier alpha value is -2.88. The quantitative estimate of drug-likeness (QED) is 0.607. The lowest BCUT2D eigenvalue weighted by Crippen LogP contribution is -2.34. The number of nitrogens with zero attached hydrogens (tertiary/aromatic N) is 4. The fourth-order valence-electron chi connectivity index (χ4n) is 4.60. The highest BCUT2D eigenvalue weighted by molar-refractivity contribution is 7.10. The minimum atomic E-state index is -0.110. The van der Waals surface area contributed by atoms with Crippen molar-refractivity contribution in [3.8, 4) is 6.01 Å². The number of carbonyl (C=O) groups excluding carboxylic acids is 1. The number of fused-ring (bicyclic) bond motifs is 2. The Kier molecular flexibility index (Phi) is 4.50. The molecule has 0 aromatic carbocycles. The van der Waals surface area contributed by atoms with Crippen LogP contribution in [0.3, 0.4) is 0 Å². The molecule has 10 heteroatoms. The van der Waals surface area contributed by atoms with Crippen LogP contribution in [-0.4, -0.2) is 56.5 Å². The fraction of sp³-hybridized carbons (Fsp3) is 0.474. The smallest absolute Gasteiger partial charge is 0.329 e. The zero-order valence-corrected chi connectivity index (χ0v) is 17.1. The predicted molar refractivity (Wildman–Crippen MR) is 112 cm³/mol. The number of hydrogen-bond donors (Lipinski definition) is 3. The van der Waals surface area contributed by atoms with Crippen LogP contribution in [0.5, 0.6) is 6.01 Å². The minimum Gasteiger partial charge on any atom is -0.466 e. The van der Waals surface area contributed by atoms with Gasteiger partial charge in [-0.2, -0.15) is 4.98 Å². The fourth-order valence-corrected chi connectivity index (χ4v) is 5.13. The monoisotopic (exact) mass is 413 g/mol. The van der Waals surface area contributed by atoms with Gasteiger partial charge in [0.1, 0.15) is 5.65 Å². The van der Waals surface area contributed by atoms with Crippen LogP contribution in [0, 0.1) is 18.8 Å². The van der Waals surface area contributed by atoms with Gasteiger partial charge in [0, 0.05) is 54.1 Å². The molecule has 2 amide bonds. The molecule has 4 heterocycles. The molecule has 1 aliphatic carbocycles. The molecule has 9 nitrogen and oxygen atoms in total. The molecule has 0 radical (unpaired) electrons. The number of aryl methyl sites for hydroxylation is 1. The van der Waals surface area contributed by atoms with Crippen LogP contribution in [0.25, 0.3) is 11.0 Å². The van der Waals surface area contributed by atoms with Crippen molar-refractivity contribution in [2.24, 2.45) is 11.8 Å². The van der Waals surface area contributed by atoms with E-state index in [-0.39, 0.29) is 12.0 Å². The van der Waals surface area contributed by atoms with Crippen LogP contribution < -0.4 is 15.4 Å². The van der Waals surface area contributed by atoms with Crippen molar-refractivity contribution >= 4 is 39.4 Å². The highest BCUT2D eigenvalue weighted by Gasteiger charge is 2.42. The van der Waals surface area contributed by atoms with E-state index in [9.17, 15) is 4.79 Å². The van der Waals surface area contributed by atoms with Gasteiger partial charge in [-0.25, -0.2) is 9.78 Å². The second-order valence-corrected chi connectivity index (χ2v) is 8.56. The Balaban J connectivity index is 1.20. The van der Waals surface area contributed by atoms with Crippen molar-refractivity contribution in [1.29, 1.82) is 0 Å². The number of pyridine rings is 1. The van der Waals surface area contributed by atoms with E-state index in [2.05, 4.69) is 42.9 Å². The first-order valence-electron chi connectivity index (χ1n) is 9.73. The lowest BCUT2D eigenvalue weighted by Gasteiger charge is -2.21. The maximum Gasteiger partial charge on any atom is 0.329 e. The number of anilines is 2. The molecular weight excluding hydrogens is 390 g/mol. The molecule has 3 aromatic rings. The highest BCUT2D eigenvalue weighted by Crippen LogP contribution is 2.40. The number of amides is 2.